The van der Waals surface area contributed by atoms with E-state index in [1.165, 1.54) is 10.8 Å². The van der Waals surface area contributed by atoms with Crippen molar-refractivity contribution in [2.45, 2.75) is 0 Å². The zero-order valence-corrected chi connectivity index (χ0v) is 22.4. The third kappa shape index (κ3) is 3.34. The first-order chi connectivity index (χ1) is 20.8. The van der Waals surface area contributed by atoms with Crippen molar-refractivity contribution in [3.63, 3.8) is 0 Å². The zero-order chi connectivity index (χ0) is 27.6. The lowest BCUT2D eigenvalue weighted by Gasteiger charge is -2.24. The summed E-state index contributed by atoms with van der Waals surface area (Å²) < 4.78 is 8.97. The second kappa shape index (κ2) is 8.85. The van der Waals surface area contributed by atoms with E-state index in [1.807, 2.05) is 72.8 Å². The summed E-state index contributed by atoms with van der Waals surface area (Å²) in [7, 11) is 0. The van der Waals surface area contributed by atoms with Crippen LogP contribution in [0.3, 0.4) is 0 Å². The lowest BCUT2D eigenvalue weighted by atomic mass is 9.94. The topological polar surface area (TPSA) is 56.7 Å². The van der Waals surface area contributed by atoms with Crippen molar-refractivity contribution in [1.82, 2.24) is 19.5 Å². The number of benzene rings is 6. The van der Waals surface area contributed by atoms with Gasteiger partial charge in [-0.1, -0.05) is 109 Å². The Balaban J connectivity index is 1.45. The van der Waals surface area contributed by atoms with Crippen LogP contribution in [0.15, 0.2) is 138 Å². The van der Waals surface area contributed by atoms with Gasteiger partial charge < -0.3 is 8.98 Å². The molecule has 0 radical (unpaired) electrons. The highest BCUT2D eigenvalue weighted by Gasteiger charge is 2.24. The molecule has 0 bridgehead atoms. The van der Waals surface area contributed by atoms with Crippen LogP contribution in [0.5, 0.6) is 0 Å². The number of pyridine rings is 1. The summed E-state index contributed by atoms with van der Waals surface area (Å²) >= 11 is 0. The molecule has 2 aliphatic heterocycles. The minimum Gasteiger partial charge on any atom is -0.453 e. The van der Waals surface area contributed by atoms with Gasteiger partial charge in [0.1, 0.15) is 0 Å². The zero-order valence-electron chi connectivity index (χ0n) is 22.4. The van der Waals surface area contributed by atoms with Gasteiger partial charge >= 0.3 is 0 Å². The Labute approximate surface area is 240 Å². The molecule has 0 amide bonds. The Morgan fingerprint density at radius 2 is 1.02 bits per heavy atom. The van der Waals surface area contributed by atoms with Crippen LogP contribution in [0.25, 0.3) is 83.6 Å². The molecule has 7 aromatic rings. The fourth-order valence-corrected chi connectivity index (χ4v) is 6.18. The molecule has 0 aliphatic carbocycles. The Hall–Kier alpha value is -5.81. The molecular formula is C37H22N4O. The van der Waals surface area contributed by atoms with Crippen molar-refractivity contribution in [2.24, 2.45) is 0 Å². The van der Waals surface area contributed by atoms with Gasteiger partial charge in [-0.05, 0) is 35.0 Å². The van der Waals surface area contributed by atoms with Crippen molar-refractivity contribution >= 4 is 43.7 Å². The van der Waals surface area contributed by atoms with E-state index in [4.69, 9.17) is 19.4 Å². The van der Waals surface area contributed by atoms with Crippen molar-refractivity contribution in [1.29, 1.82) is 0 Å². The van der Waals surface area contributed by atoms with Gasteiger partial charge in [-0.25, -0.2) is 15.0 Å². The number of rotatable bonds is 3. The standard InChI is InChI=1S/C37H22N4O/c1-3-12-23(13-4-1)35-38-36(24-14-5-2-6-15-24)40-37(39-35)28-22-32-34-33-26(17-11-18-27(28)33)25-16-7-8-19-29(25)41(34)30-20-9-10-21-31(30)42-32/h1-22H. The number of hydrogen-bond donors (Lipinski definition) is 0. The first-order valence-corrected chi connectivity index (χ1v) is 14.0. The van der Waals surface area contributed by atoms with E-state index in [1.54, 1.807) is 0 Å². The molecule has 0 unspecified atom stereocenters. The Morgan fingerprint density at radius 3 is 1.76 bits per heavy atom. The molecule has 5 heteroatoms. The fourth-order valence-electron chi connectivity index (χ4n) is 6.18. The van der Waals surface area contributed by atoms with E-state index in [2.05, 4.69) is 65.2 Å². The summed E-state index contributed by atoms with van der Waals surface area (Å²) in [6, 6.07) is 45.5. The lowest BCUT2D eigenvalue weighted by Crippen LogP contribution is -2.06. The number of hydrogen-bond acceptors (Lipinski definition) is 4. The normalized spacial score (nSPS) is 11.8. The summed E-state index contributed by atoms with van der Waals surface area (Å²) in [5, 5.41) is 4.54. The van der Waals surface area contributed by atoms with Crippen LogP contribution < -0.4 is 0 Å². The molecule has 0 saturated heterocycles. The summed E-state index contributed by atoms with van der Waals surface area (Å²) in [6.07, 6.45) is 0. The number of para-hydroxylation sites is 3. The summed E-state index contributed by atoms with van der Waals surface area (Å²) in [6.45, 7) is 0. The molecule has 5 nitrogen and oxygen atoms in total. The van der Waals surface area contributed by atoms with Gasteiger partial charge in [0.25, 0.3) is 0 Å². The van der Waals surface area contributed by atoms with Crippen molar-refractivity contribution < 1.29 is 4.42 Å². The van der Waals surface area contributed by atoms with E-state index in [-0.39, 0.29) is 0 Å². The van der Waals surface area contributed by atoms with Crippen molar-refractivity contribution in [3.05, 3.63) is 133 Å². The molecule has 0 spiro atoms. The third-order valence-electron chi connectivity index (χ3n) is 8.03. The number of aromatic nitrogens is 4. The average molecular weight is 539 g/mol. The average Bonchev–Trinajstić information content (AvgIpc) is 3.07. The highest BCUT2D eigenvalue weighted by molar-refractivity contribution is 6.22. The molecule has 6 aromatic carbocycles. The predicted molar refractivity (Wildman–Crippen MR) is 169 cm³/mol. The molecule has 1 aromatic heterocycles. The maximum Gasteiger partial charge on any atom is 0.164 e. The van der Waals surface area contributed by atoms with Gasteiger partial charge in [-0.2, -0.15) is 0 Å². The Morgan fingerprint density at radius 1 is 0.452 bits per heavy atom. The largest absolute Gasteiger partial charge is 0.453 e. The SMILES string of the molecule is c1ccc(-c2nc(-c3ccccc3)nc(-c3cc4oc5ccccc5n5c6ccccc6c6cccc3c6c4-5)n2)cc1. The van der Waals surface area contributed by atoms with Gasteiger partial charge in [0.05, 0.1) is 16.7 Å². The van der Waals surface area contributed by atoms with Crippen LogP contribution in [0.2, 0.25) is 0 Å². The van der Waals surface area contributed by atoms with E-state index in [9.17, 15) is 0 Å². The van der Waals surface area contributed by atoms with Gasteiger partial charge in [0.15, 0.2) is 28.6 Å². The highest BCUT2D eigenvalue weighted by atomic mass is 16.3. The van der Waals surface area contributed by atoms with Crippen molar-refractivity contribution in [2.75, 3.05) is 0 Å². The van der Waals surface area contributed by atoms with Gasteiger partial charge in [0, 0.05) is 27.5 Å². The molecule has 0 fully saturated rings. The van der Waals surface area contributed by atoms with Gasteiger partial charge in [-0.3, -0.25) is 0 Å². The number of fused-ring (bicyclic) bond motifs is 5. The molecule has 9 rings (SSSR count). The Bertz CT molecular complexity index is 2350. The van der Waals surface area contributed by atoms with Crippen LogP contribution in [0.1, 0.15) is 0 Å². The van der Waals surface area contributed by atoms with E-state index < -0.39 is 0 Å². The molecular weight excluding hydrogens is 516 g/mol. The maximum absolute atomic E-state index is 6.64. The van der Waals surface area contributed by atoms with E-state index >= 15 is 0 Å². The van der Waals surface area contributed by atoms with Gasteiger partial charge in [-0.15, -0.1) is 0 Å². The smallest absolute Gasteiger partial charge is 0.164 e. The van der Waals surface area contributed by atoms with Crippen LogP contribution in [0, 0.1) is 0 Å². The minimum atomic E-state index is 0.607. The van der Waals surface area contributed by atoms with E-state index in [0.29, 0.717) is 17.5 Å². The predicted octanol–water partition coefficient (Wildman–Crippen LogP) is 9.31. The molecule has 0 atom stereocenters. The maximum atomic E-state index is 6.64. The third-order valence-corrected chi connectivity index (χ3v) is 8.03. The van der Waals surface area contributed by atoms with Crippen LogP contribution in [-0.4, -0.2) is 19.5 Å². The fraction of sp³-hybridized carbons (Fsp3) is 0. The molecule has 42 heavy (non-hydrogen) atoms. The first kappa shape index (κ1) is 22.9. The molecule has 2 aliphatic rings. The number of nitrogens with zero attached hydrogens (tertiary/aromatic N) is 4. The lowest BCUT2D eigenvalue weighted by molar-refractivity contribution is 0.648. The molecule has 196 valence electrons. The van der Waals surface area contributed by atoms with Crippen LogP contribution in [0.4, 0.5) is 0 Å². The van der Waals surface area contributed by atoms with Crippen LogP contribution >= 0.6 is 0 Å². The second-order valence-electron chi connectivity index (χ2n) is 10.5. The Kier molecular flexibility index (Phi) is 4.83. The summed E-state index contributed by atoms with van der Waals surface area (Å²) in [5.74, 6) is 1.87. The molecule has 0 saturated carbocycles. The first-order valence-electron chi connectivity index (χ1n) is 14.0. The second-order valence-corrected chi connectivity index (χ2v) is 10.5. The van der Waals surface area contributed by atoms with Gasteiger partial charge in [0.2, 0.25) is 0 Å². The van der Waals surface area contributed by atoms with Crippen molar-refractivity contribution in [3.8, 4) is 39.9 Å². The molecule has 3 heterocycles. The molecule has 0 N–H and O–H groups in total. The minimum absolute atomic E-state index is 0.607. The highest BCUT2D eigenvalue weighted by Crippen LogP contribution is 2.45. The quantitative estimate of drug-likeness (QED) is 0.166. The van der Waals surface area contributed by atoms with E-state index in [0.717, 1.165) is 55.3 Å². The van der Waals surface area contributed by atoms with Crippen LogP contribution in [-0.2, 0) is 0 Å². The summed E-state index contributed by atoms with van der Waals surface area (Å²) in [4.78, 5) is 15.0. The monoisotopic (exact) mass is 538 g/mol. The summed E-state index contributed by atoms with van der Waals surface area (Å²) in [5.41, 5.74) is 7.58.